The summed E-state index contributed by atoms with van der Waals surface area (Å²) in [7, 11) is 0. The molecule has 106 valence electrons. The Morgan fingerprint density at radius 2 is 1.67 bits per heavy atom. The van der Waals surface area contributed by atoms with Crippen LogP contribution in [0.4, 0.5) is 0 Å². The Balaban J connectivity index is 1.60. The van der Waals surface area contributed by atoms with E-state index in [1.165, 1.54) is 27.5 Å². The van der Waals surface area contributed by atoms with Crippen LogP contribution < -0.4 is 5.32 Å². The second-order valence-electron chi connectivity index (χ2n) is 5.55. The molecule has 1 nitrogen and oxygen atoms in total. The molecule has 1 heteroatoms. The summed E-state index contributed by atoms with van der Waals surface area (Å²) in [6, 6.07) is 23.8. The van der Waals surface area contributed by atoms with Crippen molar-refractivity contribution in [3.05, 3.63) is 83.4 Å². The molecule has 0 unspecified atom stereocenters. The predicted molar refractivity (Wildman–Crippen MR) is 90.5 cm³/mol. The number of hydrogen-bond acceptors (Lipinski definition) is 1. The lowest BCUT2D eigenvalue weighted by Crippen LogP contribution is -2.16. The highest BCUT2D eigenvalue weighted by molar-refractivity contribution is 5.85. The van der Waals surface area contributed by atoms with Crippen LogP contribution in [-0.2, 0) is 13.0 Å². The molecule has 0 amide bonds. The van der Waals surface area contributed by atoms with Gasteiger partial charge in [-0.05, 0) is 41.8 Å². The molecule has 0 heterocycles. The highest BCUT2D eigenvalue weighted by Crippen LogP contribution is 2.18. The first-order chi connectivity index (χ1) is 10.3. The fraction of sp³-hybridized carbons (Fsp3) is 0.200. The Morgan fingerprint density at radius 1 is 0.857 bits per heavy atom. The zero-order valence-electron chi connectivity index (χ0n) is 12.5. The maximum absolute atomic E-state index is 3.56. The van der Waals surface area contributed by atoms with Crippen molar-refractivity contribution in [1.29, 1.82) is 0 Å². The zero-order chi connectivity index (χ0) is 14.5. The van der Waals surface area contributed by atoms with Crippen molar-refractivity contribution in [2.75, 3.05) is 6.54 Å². The molecule has 0 aromatic heterocycles. The molecule has 3 rings (SSSR count). The Morgan fingerprint density at radius 3 is 2.57 bits per heavy atom. The van der Waals surface area contributed by atoms with Gasteiger partial charge in [-0.25, -0.2) is 0 Å². The van der Waals surface area contributed by atoms with Gasteiger partial charge in [0.2, 0.25) is 0 Å². The van der Waals surface area contributed by atoms with Crippen LogP contribution in [0.15, 0.2) is 66.7 Å². The molecular formula is C20H21N. The van der Waals surface area contributed by atoms with E-state index in [9.17, 15) is 0 Å². The lowest BCUT2D eigenvalue weighted by atomic mass is 10.0. The number of aryl methyl sites for hydroxylation is 1. The standard InChI is InChI=1S/C20H21N/c1-16-6-4-7-17(14-16)12-13-21-15-19-10-5-9-18-8-2-3-11-20(18)19/h2-11,14,21H,12-13,15H2,1H3. The van der Waals surface area contributed by atoms with Crippen LogP contribution in [-0.4, -0.2) is 6.54 Å². The molecule has 0 aliphatic heterocycles. The van der Waals surface area contributed by atoms with E-state index in [2.05, 4.69) is 79.0 Å². The summed E-state index contributed by atoms with van der Waals surface area (Å²) < 4.78 is 0. The number of nitrogens with one attached hydrogen (secondary N) is 1. The molecule has 0 radical (unpaired) electrons. The summed E-state index contributed by atoms with van der Waals surface area (Å²) in [5.41, 5.74) is 4.11. The van der Waals surface area contributed by atoms with Crippen LogP contribution in [0.3, 0.4) is 0 Å². The van der Waals surface area contributed by atoms with Crippen molar-refractivity contribution >= 4 is 10.8 Å². The van der Waals surface area contributed by atoms with E-state index in [0.717, 1.165) is 19.5 Å². The molecule has 3 aromatic carbocycles. The maximum atomic E-state index is 3.56. The lowest BCUT2D eigenvalue weighted by Gasteiger charge is -2.08. The van der Waals surface area contributed by atoms with Crippen LogP contribution in [0.1, 0.15) is 16.7 Å². The number of hydrogen-bond donors (Lipinski definition) is 1. The summed E-state index contributed by atoms with van der Waals surface area (Å²) in [6.45, 7) is 4.08. The molecular weight excluding hydrogens is 254 g/mol. The van der Waals surface area contributed by atoms with Gasteiger partial charge in [-0.3, -0.25) is 0 Å². The maximum Gasteiger partial charge on any atom is 0.0211 e. The van der Waals surface area contributed by atoms with Gasteiger partial charge in [-0.15, -0.1) is 0 Å². The van der Waals surface area contributed by atoms with Gasteiger partial charge >= 0.3 is 0 Å². The molecule has 0 spiro atoms. The van der Waals surface area contributed by atoms with E-state index in [0.29, 0.717) is 0 Å². The monoisotopic (exact) mass is 275 g/mol. The summed E-state index contributed by atoms with van der Waals surface area (Å²) in [5.74, 6) is 0. The topological polar surface area (TPSA) is 12.0 Å². The second kappa shape index (κ2) is 6.55. The van der Waals surface area contributed by atoms with Gasteiger partial charge in [0.05, 0.1) is 0 Å². The minimum Gasteiger partial charge on any atom is -0.312 e. The second-order valence-corrected chi connectivity index (χ2v) is 5.55. The summed E-state index contributed by atoms with van der Waals surface area (Å²) >= 11 is 0. The Hall–Kier alpha value is -2.12. The van der Waals surface area contributed by atoms with E-state index >= 15 is 0 Å². The van der Waals surface area contributed by atoms with Crippen molar-refractivity contribution in [2.45, 2.75) is 19.9 Å². The van der Waals surface area contributed by atoms with Gasteiger partial charge < -0.3 is 5.32 Å². The predicted octanol–water partition coefficient (Wildman–Crippen LogP) is 4.48. The van der Waals surface area contributed by atoms with Crippen molar-refractivity contribution in [3.63, 3.8) is 0 Å². The SMILES string of the molecule is Cc1cccc(CCNCc2cccc3ccccc23)c1. The summed E-state index contributed by atoms with van der Waals surface area (Å²) in [4.78, 5) is 0. The Labute approximate surface area is 126 Å². The molecule has 0 atom stereocenters. The Kier molecular flexibility index (Phi) is 4.32. The lowest BCUT2D eigenvalue weighted by molar-refractivity contribution is 0.689. The van der Waals surface area contributed by atoms with E-state index in [1.807, 2.05) is 0 Å². The van der Waals surface area contributed by atoms with Crippen LogP contribution in [0.25, 0.3) is 10.8 Å². The minimum atomic E-state index is 0.924. The number of fused-ring (bicyclic) bond motifs is 1. The van der Waals surface area contributed by atoms with E-state index < -0.39 is 0 Å². The van der Waals surface area contributed by atoms with E-state index in [1.54, 1.807) is 0 Å². The minimum absolute atomic E-state index is 0.924. The number of benzene rings is 3. The average molecular weight is 275 g/mol. The summed E-state index contributed by atoms with van der Waals surface area (Å²) in [6.07, 6.45) is 1.08. The highest BCUT2D eigenvalue weighted by atomic mass is 14.8. The first-order valence-electron chi connectivity index (χ1n) is 7.56. The van der Waals surface area contributed by atoms with Crippen molar-refractivity contribution in [1.82, 2.24) is 5.32 Å². The smallest absolute Gasteiger partial charge is 0.0211 e. The van der Waals surface area contributed by atoms with Gasteiger partial charge in [-0.2, -0.15) is 0 Å². The first-order valence-corrected chi connectivity index (χ1v) is 7.56. The molecule has 0 aliphatic carbocycles. The fourth-order valence-corrected chi connectivity index (χ4v) is 2.77. The fourth-order valence-electron chi connectivity index (χ4n) is 2.77. The molecule has 0 aliphatic rings. The number of rotatable bonds is 5. The first kappa shape index (κ1) is 13.8. The summed E-state index contributed by atoms with van der Waals surface area (Å²) in [5, 5.41) is 6.23. The normalized spacial score (nSPS) is 10.9. The largest absolute Gasteiger partial charge is 0.312 e. The zero-order valence-corrected chi connectivity index (χ0v) is 12.5. The van der Waals surface area contributed by atoms with Gasteiger partial charge in [0.1, 0.15) is 0 Å². The van der Waals surface area contributed by atoms with Gasteiger partial charge in [0.15, 0.2) is 0 Å². The quantitative estimate of drug-likeness (QED) is 0.677. The third-order valence-corrected chi connectivity index (χ3v) is 3.87. The molecule has 3 aromatic rings. The van der Waals surface area contributed by atoms with Crippen molar-refractivity contribution in [3.8, 4) is 0 Å². The molecule has 0 saturated heterocycles. The van der Waals surface area contributed by atoms with E-state index in [4.69, 9.17) is 0 Å². The van der Waals surface area contributed by atoms with Crippen molar-refractivity contribution < 1.29 is 0 Å². The van der Waals surface area contributed by atoms with Crippen LogP contribution in [0.2, 0.25) is 0 Å². The van der Waals surface area contributed by atoms with Crippen LogP contribution in [0.5, 0.6) is 0 Å². The Bertz CT molecular complexity index is 725. The molecule has 0 fully saturated rings. The highest BCUT2D eigenvalue weighted by Gasteiger charge is 2.00. The van der Waals surface area contributed by atoms with Crippen LogP contribution >= 0.6 is 0 Å². The third kappa shape index (κ3) is 3.50. The van der Waals surface area contributed by atoms with Gasteiger partial charge in [-0.1, -0.05) is 72.3 Å². The molecule has 0 saturated carbocycles. The van der Waals surface area contributed by atoms with Gasteiger partial charge in [0, 0.05) is 6.54 Å². The van der Waals surface area contributed by atoms with E-state index in [-0.39, 0.29) is 0 Å². The van der Waals surface area contributed by atoms with Gasteiger partial charge in [0.25, 0.3) is 0 Å². The molecule has 1 N–H and O–H groups in total. The third-order valence-electron chi connectivity index (χ3n) is 3.87. The van der Waals surface area contributed by atoms with Crippen molar-refractivity contribution in [2.24, 2.45) is 0 Å². The van der Waals surface area contributed by atoms with Crippen LogP contribution in [0, 0.1) is 6.92 Å². The average Bonchev–Trinajstić information content (AvgIpc) is 2.52. The molecule has 21 heavy (non-hydrogen) atoms. The molecule has 0 bridgehead atoms.